The van der Waals surface area contributed by atoms with Gasteiger partial charge in [-0.3, -0.25) is 0 Å². The molecule has 0 aromatic carbocycles. The average Bonchev–Trinajstić information content (AvgIpc) is 2.37. The normalized spacial score (nSPS) is 35.6. The monoisotopic (exact) mass is 272 g/mol. The predicted molar refractivity (Wildman–Crippen MR) is 89.7 cm³/mol. The predicted octanol–water partition coefficient (Wildman–Crippen LogP) is 6.31. The second-order valence-electron chi connectivity index (χ2n) is 7.39. The molecule has 0 saturated heterocycles. The lowest BCUT2D eigenvalue weighted by Crippen LogP contribution is -2.33. The summed E-state index contributed by atoms with van der Waals surface area (Å²) in [5.74, 6) is 3.17. The molecule has 1 saturated carbocycles. The lowest BCUT2D eigenvalue weighted by atomic mass is 9.63. The molecule has 0 heterocycles. The maximum atomic E-state index is 4.29. The molecule has 0 radical (unpaired) electrons. The van der Waals surface area contributed by atoms with Gasteiger partial charge in [-0.15, -0.1) is 0 Å². The van der Waals surface area contributed by atoms with Gasteiger partial charge in [-0.05, 0) is 83.0 Å². The summed E-state index contributed by atoms with van der Waals surface area (Å²) in [5.41, 5.74) is 4.59. The van der Waals surface area contributed by atoms with Crippen molar-refractivity contribution in [2.24, 2.45) is 23.7 Å². The van der Waals surface area contributed by atoms with E-state index >= 15 is 0 Å². The van der Waals surface area contributed by atoms with Crippen molar-refractivity contribution in [3.8, 4) is 0 Å². The third kappa shape index (κ3) is 3.65. The third-order valence-corrected chi connectivity index (χ3v) is 5.64. The summed E-state index contributed by atoms with van der Waals surface area (Å²) < 4.78 is 0. The van der Waals surface area contributed by atoms with E-state index in [2.05, 4.69) is 46.4 Å². The first-order valence-electron chi connectivity index (χ1n) is 8.47. The van der Waals surface area contributed by atoms with Crippen LogP contribution in [0.2, 0.25) is 0 Å². The second kappa shape index (κ2) is 6.78. The maximum Gasteiger partial charge on any atom is -0.0134 e. The first kappa shape index (κ1) is 15.6. The zero-order valence-electron chi connectivity index (χ0n) is 13.9. The molecule has 0 bridgehead atoms. The van der Waals surface area contributed by atoms with Crippen LogP contribution < -0.4 is 0 Å². The van der Waals surface area contributed by atoms with E-state index in [9.17, 15) is 0 Å². The summed E-state index contributed by atoms with van der Waals surface area (Å²) >= 11 is 0. The van der Waals surface area contributed by atoms with E-state index in [1.165, 1.54) is 44.1 Å². The largest absolute Gasteiger partial charge is 0.0998 e. The van der Waals surface area contributed by atoms with Crippen LogP contribution in [0.15, 0.2) is 35.5 Å². The van der Waals surface area contributed by atoms with Crippen LogP contribution in [0.1, 0.15) is 66.2 Å². The summed E-state index contributed by atoms with van der Waals surface area (Å²) in [5, 5.41) is 0. The number of fused-ring (bicyclic) bond motifs is 1. The molecule has 0 aromatic rings. The van der Waals surface area contributed by atoms with Crippen LogP contribution in [0.25, 0.3) is 0 Å². The minimum Gasteiger partial charge on any atom is -0.0998 e. The SMILES string of the molecule is C=C(C)[C@@H]1CC[C@H](C)[C@H]2CCC(C)=CCCC(C)=C[C@@H]21. The van der Waals surface area contributed by atoms with Gasteiger partial charge < -0.3 is 0 Å². The van der Waals surface area contributed by atoms with E-state index in [0.717, 1.165) is 23.7 Å². The molecule has 0 N–H and O–H groups in total. The summed E-state index contributed by atoms with van der Waals surface area (Å²) in [4.78, 5) is 0. The molecule has 2 rings (SSSR count). The molecule has 0 nitrogen and oxygen atoms in total. The van der Waals surface area contributed by atoms with Crippen molar-refractivity contribution in [3.05, 3.63) is 35.5 Å². The van der Waals surface area contributed by atoms with Crippen LogP contribution in [0.5, 0.6) is 0 Å². The summed E-state index contributed by atoms with van der Waals surface area (Å²) in [6, 6.07) is 0. The van der Waals surface area contributed by atoms with Gasteiger partial charge in [0.1, 0.15) is 0 Å². The van der Waals surface area contributed by atoms with Crippen LogP contribution >= 0.6 is 0 Å². The van der Waals surface area contributed by atoms with Crippen molar-refractivity contribution in [2.75, 3.05) is 0 Å². The van der Waals surface area contributed by atoms with Gasteiger partial charge in [-0.25, -0.2) is 0 Å². The first-order valence-corrected chi connectivity index (χ1v) is 8.47. The number of rotatable bonds is 1. The Hall–Kier alpha value is -0.780. The zero-order chi connectivity index (χ0) is 14.7. The highest BCUT2D eigenvalue weighted by Crippen LogP contribution is 2.45. The van der Waals surface area contributed by atoms with Crippen molar-refractivity contribution in [1.82, 2.24) is 0 Å². The van der Waals surface area contributed by atoms with Crippen molar-refractivity contribution >= 4 is 0 Å². The van der Waals surface area contributed by atoms with Crippen LogP contribution in [-0.4, -0.2) is 0 Å². The van der Waals surface area contributed by atoms with Gasteiger partial charge in [0.2, 0.25) is 0 Å². The maximum absolute atomic E-state index is 4.29. The van der Waals surface area contributed by atoms with E-state index < -0.39 is 0 Å². The van der Waals surface area contributed by atoms with Gasteiger partial charge in [0.15, 0.2) is 0 Å². The van der Waals surface area contributed by atoms with E-state index in [1.807, 2.05) is 0 Å². The molecular weight excluding hydrogens is 240 g/mol. The minimum atomic E-state index is 0.717. The molecule has 112 valence electrons. The van der Waals surface area contributed by atoms with E-state index in [4.69, 9.17) is 0 Å². The van der Waals surface area contributed by atoms with Gasteiger partial charge in [0.05, 0.1) is 0 Å². The van der Waals surface area contributed by atoms with Crippen LogP contribution in [0, 0.1) is 23.7 Å². The van der Waals surface area contributed by atoms with Crippen molar-refractivity contribution in [1.29, 1.82) is 0 Å². The lowest BCUT2D eigenvalue weighted by molar-refractivity contribution is 0.143. The molecule has 1 fully saturated rings. The van der Waals surface area contributed by atoms with Crippen LogP contribution in [0.4, 0.5) is 0 Å². The molecule has 0 aliphatic heterocycles. The zero-order valence-corrected chi connectivity index (χ0v) is 13.9. The quantitative estimate of drug-likeness (QED) is 0.491. The molecule has 4 atom stereocenters. The summed E-state index contributed by atoms with van der Waals surface area (Å²) in [6.07, 6.45) is 12.9. The van der Waals surface area contributed by atoms with Crippen LogP contribution in [-0.2, 0) is 0 Å². The fourth-order valence-electron chi connectivity index (χ4n) is 4.27. The molecule has 0 heteroatoms. The molecule has 0 spiro atoms. The molecule has 20 heavy (non-hydrogen) atoms. The van der Waals surface area contributed by atoms with E-state index in [0.29, 0.717) is 0 Å². The highest BCUT2D eigenvalue weighted by Gasteiger charge is 2.36. The van der Waals surface area contributed by atoms with Gasteiger partial charge in [0, 0.05) is 0 Å². The van der Waals surface area contributed by atoms with Crippen molar-refractivity contribution in [3.63, 3.8) is 0 Å². The van der Waals surface area contributed by atoms with Crippen LogP contribution in [0.3, 0.4) is 0 Å². The average molecular weight is 272 g/mol. The third-order valence-electron chi connectivity index (χ3n) is 5.64. The Labute approximate surface area is 126 Å². The highest BCUT2D eigenvalue weighted by atomic mass is 14.4. The standard InChI is InChI=1S/C20H32/c1-14(2)18-12-10-17(5)19-11-9-15(3)7-6-8-16(4)13-20(18)19/h7,13,17-20H,1,6,8-12H2,2-5H3/t17-,18-,19+,20+/m0/s1. The molecule has 0 unspecified atom stereocenters. The van der Waals surface area contributed by atoms with Crippen molar-refractivity contribution < 1.29 is 0 Å². The molecule has 2 aliphatic carbocycles. The first-order chi connectivity index (χ1) is 9.49. The Morgan fingerprint density at radius 1 is 1.10 bits per heavy atom. The molecule has 0 amide bonds. The Bertz CT molecular complexity index is 410. The summed E-state index contributed by atoms with van der Waals surface area (Å²) in [7, 11) is 0. The Balaban J connectivity index is 2.29. The van der Waals surface area contributed by atoms with E-state index in [1.54, 1.807) is 11.1 Å². The number of allylic oxidation sites excluding steroid dienone is 5. The number of hydrogen-bond donors (Lipinski definition) is 0. The van der Waals surface area contributed by atoms with E-state index in [-0.39, 0.29) is 0 Å². The van der Waals surface area contributed by atoms with Gasteiger partial charge in [-0.2, -0.15) is 0 Å². The second-order valence-corrected chi connectivity index (χ2v) is 7.39. The Kier molecular flexibility index (Phi) is 5.29. The van der Waals surface area contributed by atoms with Gasteiger partial charge >= 0.3 is 0 Å². The number of hydrogen-bond acceptors (Lipinski definition) is 0. The highest BCUT2D eigenvalue weighted by molar-refractivity contribution is 5.14. The van der Waals surface area contributed by atoms with Gasteiger partial charge in [0.25, 0.3) is 0 Å². The molecule has 2 aliphatic rings. The molecule has 0 aromatic heterocycles. The minimum absolute atomic E-state index is 0.717. The Morgan fingerprint density at radius 2 is 1.85 bits per heavy atom. The topological polar surface area (TPSA) is 0 Å². The van der Waals surface area contributed by atoms with Crippen molar-refractivity contribution in [2.45, 2.75) is 66.2 Å². The van der Waals surface area contributed by atoms with Gasteiger partial charge in [-0.1, -0.05) is 42.4 Å². The lowest BCUT2D eigenvalue weighted by Gasteiger charge is -2.42. The fraction of sp³-hybridized carbons (Fsp3) is 0.700. The molecular formula is C20H32. The fourth-order valence-corrected chi connectivity index (χ4v) is 4.27. The Morgan fingerprint density at radius 3 is 2.55 bits per heavy atom. The summed E-state index contributed by atoms with van der Waals surface area (Å²) in [6.45, 7) is 13.7. The smallest absolute Gasteiger partial charge is 0.0134 e.